The van der Waals surface area contributed by atoms with Crippen LogP contribution in [-0.2, 0) is 0 Å². The molecule has 1 aromatic heterocycles. The Morgan fingerprint density at radius 2 is 1.53 bits per heavy atom. The van der Waals surface area contributed by atoms with Gasteiger partial charge in [0.2, 0.25) is 0 Å². The summed E-state index contributed by atoms with van der Waals surface area (Å²) in [7, 11) is 0. The van der Waals surface area contributed by atoms with Crippen molar-refractivity contribution in [3.05, 3.63) is 99.2 Å². The Bertz CT molecular complexity index is 1210. The van der Waals surface area contributed by atoms with Crippen molar-refractivity contribution in [2.75, 3.05) is 0 Å². The average molecular weight is 454 g/mol. The van der Waals surface area contributed by atoms with Crippen LogP contribution in [0.4, 0.5) is 4.39 Å². The Hall–Kier alpha value is -3.45. The number of carbonyl (C=O) groups is 2. The highest BCUT2D eigenvalue weighted by Crippen LogP contribution is 2.21. The maximum Gasteiger partial charge on any atom is 0.255 e. The highest BCUT2D eigenvalue weighted by molar-refractivity contribution is 6.30. The second kappa shape index (κ2) is 9.36. The first-order valence-electron chi connectivity index (χ1n) is 10.3. The van der Waals surface area contributed by atoms with Crippen LogP contribution in [-0.4, -0.2) is 28.5 Å². The molecule has 0 radical (unpaired) electrons. The molecule has 2 aromatic carbocycles. The molecule has 8 heteroatoms. The molecule has 4 rings (SSSR count). The third kappa shape index (κ3) is 4.73. The van der Waals surface area contributed by atoms with E-state index in [1.54, 1.807) is 42.6 Å². The zero-order valence-electron chi connectivity index (χ0n) is 17.1. The van der Waals surface area contributed by atoms with Gasteiger partial charge in [0.1, 0.15) is 5.82 Å². The van der Waals surface area contributed by atoms with E-state index in [1.807, 2.05) is 0 Å². The van der Waals surface area contributed by atoms with Crippen molar-refractivity contribution in [3.63, 3.8) is 0 Å². The van der Waals surface area contributed by atoms with Crippen LogP contribution in [0.5, 0.6) is 0 Å². The minimum absolute atomic E-state index is 0.0456. The SMILES string of the molecule is O=C(NC1CCC[C@@H]1NC(=O)c1ccc(-n2ccccc2=O)cc1)c1ccc(Cl)c(F)c1. The first kappa shape index (κ1) is 21.8. The Kier molecular flexibility index (Phi) is 6.37. The summed E-state index contributed by atoms with van der Waals surface area (Å²) < 4.78 is 15.2. The number of nitrogens with one attached hydrogen (secondary N) is 2. The van der Waals surface area contributed by atoms with Crippen molar-refractivity contribution in [1.82, 2.24) is 15.2 Å². The topological polar surface area (TPSA) is 80.2 Å². The monoisotopic (exact) mass is 453 g/mol. The molecule has 1 unspecified atom stereocenters. The number of carbonyl (C=O) groups excluding carboxylic acids is 2. The fourth-order valence-electron chi connectivity index (χ4n) is 3.86. The van der Waals surface area contributed by atoms with Gasteiger partial charge in [0.05, 0.1) is 5.02 Å². The van der Waals surface area contributed by atoms with E-state index in [-0.39, 0.29) is 34.1 Å². The van der Waals surface area contributed by atoms with E-state index in [0.717, 1.165) is 18.9 Å². The number of hydrogen-bond donors (Lipinski definition) is 2. The summed E-state index contributed by atoms with van der Waals surface area (Å²) in [6.07, 6.45) is 3.95. The van der Waals surface area contributed by atoms with Crippen LogP contribution in [0.1, 0.15) is 40.0 Å². The van der Waals surface area contributed by atoms with E-state index < -0.39 is 11.7 Å². The number of rotatable bonds is 5. The van der Waals surface area contributed by atoms with Crippen LogP contribution in [0, 0.1) is 5.82 Å². The van der Waals surface area contributed by atoms with Crippen molar-refractivity contribution in [1.29, 1.82) is 0 Å². The first-order valence-corrected chi connectivity index (χ1v) is 10.6. The minimum atomic E-state index is -0.656. The molecule has 32 heavy (non-hydrogen) atoms. The number of hydrogen-bond acceptors (Lipinski definition) is 3. The van der Waals surface area contributed by atoms with Crippen LogP contribution in [0.2, 0.25) is 5.02 Å². The number of amides is 2. The summed E-state index contributed by atoms with van der Waals surface area (Å²) in [5, 5.41) is 5.81. The number of pyridine rings is 1. The lowest BCUT2D eigenvalue weighted by Crippen LogP contribution is -2.48. The molecular weight excluding hydrogens is 433 g/mol. The van der Waals surface area contributed by atoms with Gasteiger partial charge in [0.25, 0.3) is 17.4 Å². The Labute approximate surface area is 189 Å². The third-order valence-corrected chi connectivity index (χ3v) is 5.87. The molecule has 3 aromatic rings. The molecule has 0 aliphatic heterocycles. The van der Waals surface area contributed by atoms with E-state index in [2.05, 4.69) is 10.6 Å². The van der Waals surface area contributed by atoms with E-state index in [1.165, 1.54) is 22.8 Å². The quantitative estimate of drug-likeness (QED) is 0.618. The fourth-order valence-corrected chi connectivity index (χ4v) is 3.98. The fraction of sp³-hybridized carbons (Fsp3) is 0.208. The predicted molar refractivity (Wildman–Crippen MR) is 120 cm³/mol. The normalized spacial score (nSPS) is 17.7. The molecule has 0 bridgehead atoms. The summed E-state index contributed by atoms with van der Waals surface area (Å²) in [6.45, 7) is 0. The van der Waals surface area contributed by atoms with Crippen LogP contribution in [0.25, 0.3) is 5.69 Å². The van der Waals surface area contributed by atoms with E-state index in [0.29, 0.717) is 17.7 Å². The molecule has 2 atom stereocenters. The van der Waals surface area contributed by atoms with Crippen LogP contribution >= 0.6 is 11.6 Å². The maximum atomic E-state index is 13.7. The van der Waals surface area contributed by atoms with Crippen LogP contribution in [0.15, 0.2) is 71.7 Å². The summed E-state index contributed by atoms with van der Waals surface area (Å²) >= 11 is 5.68. The highest BCUT2D eigenvalue weighted by Gasteiger charge is 2.30. The zero-order valence-corrected chi connectivity index (χ0v) is 17.8. The van der Waals surface area contributed by atoms with Crippen molar-refractivity contribution < 1.29 is 14.0 Å². The summed E-state index contributed by atoms with van der Waals surface area (Å²) in [5.74, 6) is -1.33. The van der Waals surface area contributed by atoms with Crippen LogP contribution < -0.4 is 16.2 Å². The third-order valence-electron chi connectivity index (χ3n) is 5.56. The molecule has 0 saturated heterocycles. The Balaban J connectivity index is 1.41. The number of nitrogens with zero attached hydrogens (tertiary/aromatic N) is 1. The smallest absolute Gasteiger partial charge is 0.255 e. The lowest BCUT2D eigenvalue weighted by Gasteiger charge is -2.22. The standard InChI is InChI=1S/C24H21ClFN3O3/c25-18-12-9-16(14-19(18)26)24(32)28-21-5-3-4-20(21)27-23(31)15-7-10-17(11-8-15)29-13-2-1-6-22(29)30/h1-2,6-14,20-21H,3-5H2,(H,27,31)(H,28,32)/t20-,21?/m0/s1. The van der Waals surface area contributed by atoms with Crippen molar-refractivity contribution in [2.45, 2.75) is 31.3 Å². The number of halogens is 2. The van der Waals surface area contributed by atoms with Gasteiger partial charge in [0.15, 0.2) is 0 Å². The van der Waals surface area contributed by atoms with Crippen molar-refractivity contribution in [3.8, 4) is 5.69 Å². The number of benzene rings is 2. The van der Waals surface area contributed by atoms with E-state index >= 15 is 0 Å². The van der Waals surface area contributed by atoms with Gasteiger partial charge in [-0.05, 0) is 67.8 Å². The zero-order chi connectivity index (χ0) is 22.7. The number of aromatic nitrogens is 1. The molecule has 2 amide bonds. The molecule has 1 aliphatic rings. The predicted octanol–water partition coefficient (Wildman–Crippen LogP) is 3.71. The molecule has 1 fully saturated rings. The van der Waals surface area contributed by atoms with Crippen LogP contribution in [0.3, 0.4) is 0 Å². The molecule has 1 aliphatic carbocycles. The second-order valence-electron chi connectivity index (χ2n) is 7.68. The lowest BCUT2D eigenvalue weighted by molar-refractivity contribution is 0.0891. The van der Waals surface area contributed by atoms with Gasteiger partial charge in [-0.2, -0.15) is 0 Å². The molecule has 1 heterocycles. The second-order valence-corrected chi connectivity index (χ2v) is 8.08. The maximum absolute atomic E-state index is 13.7. The van der Waals surface area contributed by atoms with Crippen molar-refractivity contribution in [2.24, 2.45) is 0 Å². The van der Waals surface area contributed by atoms with Gasteiger partial charge in [-0.15, -0.1) is 0 Å². The summed E-state index contributed by atoms with van der Waals surface area (Å²) in [6, 6.07) is 15.0. The van der Waals surface area contributed by atoms with Crippen molar-refractivity contribution >= 4 is 23.4 Å². The summed E-state index contributed by atoms with van der Waals surface area (Å²) in [4.78, 5) is 37.2. The average Bonchev–Trinajstić information content (AvgIpc) is 3.22. The lowest BCUT2D eigenvalue weighted by atomic mass is 10.1. The van der Waals surface area contributed by atoms with Gasteiger partial charge in [-0.1, -0.05) is 17.7 Å². The Morgan fingerprint density at radius 1 is 0.906 bits per heavy atom. The Morgan fingerprint density at radius 3 is 2.16 bits per heavy atom. The molecule has 164 valence electrons. The first-order chi connectivity index (χ1) is 15.4. The highest BCUT2D eigenvalue weighted by atomic mass is 35.5. The van der Waals surface area contributed by atoms with E-state index in [4.69, 9.17) is 11.6 Å². The largest absolute Gasteiger partial charge is 0.347 e. The van der Waals surface area contributed by atoms with Gasteiger partial charge in [-0.3, -0.25) is 19.0 Å². The van der Waals surface area contributed by atoms with Gasteiger partial charge in [-0.25, -0.2) is 4.39 Å². The molecule has 6 nitrogen and oxygen atoms in total. The van der Waals surface area contributed by atoms with Gasteiger partial charge < -0.3 is 10.6 Å². The molecular formula is C24H21ClFN3O3. The molecule has 2 N–H and O–H groups in total. The van der Waals surface area contributed by atoms with E-state index in [9.17, 15) is 18.8 Å². The molecule has 0 spiro atoms. The molecule has 1 saturated carbocycles. The van der Waals surface area contributed by atoms with Gasteiger partial charge in [0, 0.05) is 41.2 Å². The summed E-state index contributed by atoms with van der Waals surface area (Å²) in [5.41, 5.74) is 1.13. The van der Waals surface area contributed by atoms with Gasteiger partial charge >= 0.3 is 0 Å². The minimum Gasteiger partial charge on any atom is -0.347 e.